The van der Waals surface area contributed by atoms with Crippen LogP contribution in [0.5, 0.6) is 0 Å². The molecule has 5 heteroatoms. The molecule has 1 aliphatic rings. The summed E-state index contributed by atoms with van der Waals surface area (Å²) in [5, 5.41) is 6.14. The molecule has 0 radical (unpaired) electrons. The second kappa shape index (κ2) is 5.31. The smallest absolute Gasteiger partial charge is 0.237 e. The molecule has 0 aliphatic carbocycles. The number of hydrogen-bond donors (Lipinski definition) is 2. The van der Waals surface area contributed by atoms with Gasteiger partial charge in [0, 0.05) is 0 Å². The molecule has 0 saturated carbocycles. The predicted molar refractivity (Wildman–Crippen MR) is 63.4 cm³/mol. The predicted octanol–water partition coefficient (Wildman–Crippen LogP) is 1.30. The van der Waals surface area contributed by atoms with Gasteiger partial charge in [-0.3, -0.25) is 4.79 Å². The number of aryl methyl sites for hydroxylation is 1. The second-order valence-corrected chi connectivity index (χ2v) is 4.54. The zero-order valence-corrected chi connectivity index (χ0v) is 10.3. The van der Waals surface area contributed by atoms with Gasteiger partial charge in [0.1, 0.15) is 11.8 Å². The van der Waals surface area contributed by atoms with E-state index in [1.807, 2.05) is 13.8 Å². The highest BCUT2D eigenvalue weighted by molar-refractivity contribution is 5.82. The maximum Gasteiger partial charge on any atom is 0.237 e. The fraction of sp³-hybridized carbons (Fsp3) is 0.667. The Morgan fingerprint density at radius 3 is 3.06 bits per heavy atom. The molecule has 2 atom stereocenters. The summed E-state index contributed by atoms with van der Waals surface area (Å²) in [5.74, 6) is 1.36. The van der Waals surface area contributed by atoms with Gasteiger partial charge in [0.25, 0.3) is 0 Å². The number of piperidine rings is 1. The molecule has 1 fully saturated rings. The van der Waals surface area contributed by atoms with E-state index in [2.05, 4.69) is 15.6 Å². The summed E-state index contributed by atoms with van der Waals surface area (Å²) in [5.41, 5.74) is 0. The monoisotopic (exact) mass is 237 g/mol. The van der Waals surface area contributed by atoms with E-state index >= 15 is 0 Å². The summed E-state index contributed by atoms with van der Waals surface area (Å²) in [4.78, 5) is 16.1. The number of hydrogen-bond acceptors (Lipinski definition) is 4. The number of aromatic nitrogens is 1. The first-order valence-corrected chi connectivity index (χ1v) is 6.13. The molecule has 2 heterocycles. The van der Waals surface area contributed by atoms with Crippen molar-refractivity contribution in [3.63, 3.8) is 0 Å². The third-order valence-electron chi connectivity index (χ3n) is 3.00. The highest BCUT2D eigenvalue weighted by Crippen LogP contribution is 2.13. The third kappa shape index (κ3) is 3.06. The van der Waals surface area contributed by atoms with Gasteiger partial charge in [-0.2, -0.15) is 0 Å². The number of oxazole rings is 1. The molecule has 1 aromatic rings. The van der Waals surface area contributed by atoms with Crippen LogP contribution in [0.15, 0.2) is 10.6 Å². The lowest BCUT2D eigenvalue weighted by molar-refractivity contribution is -0.124. The quantitative estimate of drug-likeness (QED) is 0.831. The number of carbonyl (C=O) groups is 1. The van der Waals surface area contributed by atoms with Crippen molar-refractivity contribution in [3.05, 3.63) is 17.8 Å². The van der Waals surface area contributed by atoms with Crippen LogP contribution >= 0.6 is 0 Å². The summed E-state index contributed by atoms with van der Waals surface area (Å²) in [6, 6.07) is -0.248. The highest BCUT2D eigenvalue weighted by atomic mass is 16.4. The Bertz CT molecular complexity index is 383. The van der Waals surface area contributed by atoms with Gasteiger partial charge in [0.05, 0.1) is 12.2 Å². The molecular weight excluding hydrogens is 218 g/mol. The first-order chi connectivity index (χ1) is 8.16. The van der Waals surface area contributed by atoms with Crippen molar-refractivity contribution in [2.75, 3.05) is 6.54 Å². The lowest BCUT2D eigenvalue weighted by atomic mass is 10.0. The molecule has 1 saturated heterocycles. The molecule has 1 unspecified atom stereocenters. The Morgan fingerprint density at radius 1 is 1.65 bits per heavy atom. The van der Waals surface area contributed by atoms with Crippen molar-refractivity contribution in [2.24, 2.45) is 0 Å². The molecule has 17 heavy (non-hydrogen) atoms. The largest absolute Gasteiger partial charge is 0.444 e. The lowest BCUT2D eigenvalue weighted by Crippen LogP contribution is -2.47. The molecule has 1 aromatic heterocycles. The number of amides is 1. The maximum atomic E-state index is 11.9. The minimum Gasteiger partial charge on any atom is -0.444 e. The van der Waals surface area contributed by atoms with Gasteiger partial charge in [0.2, 0.25) is 11.8 Å². The van der Waals surface area contributed by atoms with E-state index in [1.165, 1.54) is 0 Å². The standard InChI is InChI=1S/C12H19N3O2/c1-8-7-14-12(17-8)9(2)15-11(16)10-5-3-4-6-13-10/h7,9-10,13H,3-6H2,1-2H3,(H,15,16)/t9?,10-/m0/s1. The Hall–Kier alpha value is -1.36. The van der Waals surface area contributed by atoms with Crippen LogP contribution in [0, 0.1) is 6.92 Å². The molecular formula is C12H19N3O2. The number of nitrogens with zero attached hydrogens (tertiary/aromatic N) is 1. The molecule has 0 bridgehead atoms. The van der Waals surface area contributed by atoms with Gasteiger partial charge in [-0.1, -0.05) is 6.42 Å². The molecule has 0 aromatic carbocycles. The second-order valence-electron chi connectivity index (χ2n) is 4.54. The van der Waals surface area contributed by atoms with Crippen LogP contribution in [0.4, 0.5) is 0 Å². The van der Waals surface area contributed by atoms with Crippen LogP contribution in [-0.2, 0) is 4.79 Å². The van der Waals surface area contributed by atoms with Crippen molar-refractivity contribution in [2.45, 2.75) is 45.2 Å². The average Bonchev–Trinajstić information content (AvgIpc) is 2.77. The molecule has 2 rings (SSSR count). The van der Waals surface area contributed by atoms with E-state index in [9.17, 15) is 4.79 Å². The third-order valence-corrected chi connectivity index (χ3v) is 3.00. The van der Waals surface area contributed by atoms with Crippen LogP contribution in [0.1, 0.15) is 43.9 Å². The van der Waals surface area contributed by atoms with E-state index in [4.69, 9.17) is 4.42 Å². The topological polar surface area (TPSA) is 67.2 Å². The van der Waals surface area contributed by atoms with E-state index in [0.29, 0.717) is 5.89 Å². The number of nitrogens with one attached hydrogen (secondary N) is 2. The zero-order valence-electron chi connectivity index (χ0n) is 10.3. The van der Waals surface area contributed by atoms with Crippen LogP contribution in [-0.4, -0.2) is 23.5 Å². The van der Waals surface area contributed by atoms with Crippen LogP contribution in [0.2, 0.25) is 0 Å². The van der Waals surface area contributed by atoms with E-state index < -0.39 is 0 Å². The first-order valence-electron chi connectivity index (χ1n) is 6.13. The van der Waals surface area contributed by atoms with Crippen molar-refractivity contribution in [3.8, 4) is 0 Å². The van der Waals surface area contributed by atoms with Gasteiger partial charge < -0.3 is 15.1 Å². The van der Waals surface area contributed by atoms with E-state index in [0.717, 1.165) is 31.6 Å². The molecule has 94 valence electrons. The maximum absolute atomic E-state index is 11.9. The van der Waals surface area contributed by atoms with Crippen molar-refractivity contribution in [1.29, 1.82) is 0 Å². The number of rotatable bonds is 3. The minimum atomic E-state index is -0.181. The normalized spacial score (nSPS) is 22.1. The van der Waals surface area contributed by atoms with Crippen molar-refractivity contribution in [1.82, 2.24) is 15.6 Å². The minimum absolute atomic E-state index is 0.0352. The Kier molecular flexibility index (Phi) is 3.78. The van der Waals surface area contributed by atoms with Crippen LogP contribution in [0.3, 0.4) is 0 Å². The van der Waals surface area contributed by atoms with Gasteiger partial charge in [-0.15, -0.1) is 0 Å². The summed E-state index contributed by atoms with van der Waals surface area (Å²) >= 11 is 0. The Balaban J connectivity index is 1.89. The fourth-order valence-electron chi connectivity index (χ4n) is 2.02. The molecule has 5 nitrogen and oxygen atoms in total. The summed E-state index contributed by atoms with van der Waals surface area (Å²) in [6.45, 7) is 4.64. The van der Waals surface area contributed by atoms with Gasteiger partial charge in [-0.05, 0) is 33.2 Å². The SMILES string of the molecule is Cc1cnc(C(C)NC(=O)[C@@H]2CCCCN2)o1. The summed E-state index contributed by atoms with van der Waals surface area (Å²) in [7, 11) is 0. The zero-order chi connectivity index (χ0) is 12.3. The van der Waals surface area contributed by atoms with Gasteiger partial charge in [0.15, 0.2) is 0 Å². The van der Waals surface area contributed by atoms with Gasteiger partial charge in [-0.25, -0.2) is 4.98 Å². The fourth-order valence-corrected chi connectivity index (χ4v) is 2.02. The van der Waals surface area contributed by atoms with Crippen LogP contribution in [0.25, 0.3) is 0 Å². The van der Waals surface area contributed by atoms with Gasteiger partial charge >= 0.3 is 0 Å². The van der Waals surface area contributed by atoms with Crippen molar-refractivity contribution < 1.29 is 9.21 Å². The average molecular weight is 237 g/mol. The summed E-state index contributed by atoms with van der Waals surface area (Å²) in [6.07, 6.45) is 4.83. The first kappa shape index (κ1) is 12.1. The van der Waals surface area contributed by atoms with E-state index in [1.54, 1.807) is 6.20 Å². The van der Waals surface area contributed by atoms with Crippen LogP contribution < -0.4 is 10.6 Å². The van der Waals surface area contributed by atoms with E-state index in [-0.39, 0.29) is 18.0 Å². The Labute approximate surface area is 101 Å². The molecule has 1 aliphatic heterocycles. The number of carbonyl (C=O) groups excluding carboxylic acids is 1. The highest BCUT2D eigenvalue weighted by Gasteiger charge is 2.23. The molecule has 0 spiro atoms. The molecule has 2 N–H and O–H groups in total. The Morgan fingerprint density at radius 2 is 2.47 bits per heavy atom. The lowest BCUT2D eigenvalue weighted by Gasteiger charge is -2.23. The van der Waals surface area contributed by atoms with Crippen molar-refractivity contribution >= 4 is 5.91 Å². The summed E-state index contributed by atoms with van der Waals surface area (Å²) < 4.78 is 5.39. The molecule has 1 amide bonds.